The van der Waals surface area contributed by atoms with Crippen LogP contribution in [-0.2, 0) is 5.41 Å². The van der Waals surface area contributed by atoms with Crippen LogP contribution in [0.25, 0.3) is 0 Å². The lowest BCUT2D eigenvalue weighted by Crippen LogP contribution is -2.28. The smallest absolute Gasteiger partial charge is 0.115 e. The Kier molecular flexibility index (Phi) is 5.44. The van der Waals surface area contributed by atoms with Gasteiger partial charge in [0.25, 0.3) is 0 Å². The van der Waals surface area contributed by atoms with E-state index in [1.807, 2.05) is 0 Å². The quantitative estimate of drug-likeness (QED) is 0.721. The first-order valence-corrected chi connectivity index (χ1v) is 9.30. The topological polar surface area (TPSA) is 40.5 Å². The molecule has 2 heteroatoms. The molecule has 2 nitrogen and oxygen atoms in total. The monoisotopic (exact) mass is 324 g/mol. The Labute approximate surface area is 145 Å². The van der Waals surface area contributed by atoms with Crippen molar-refractivity contribution < 1.29 is 10.2 Å². The molecule has 1 saturated carbocycles. The maximum absolute atomic E-state index is 9.70. The van der Waals surface area contributed by atoms with Crippen LogP contribution in [0.5, 0.6) is 11.5 Å². The van der Waals surface area contributed by atoms with E-state index in [1.165, 1.54) is 56.1 Å². The van der Waals surface area contributed by atoms with Crippen molar-refractivity contribution in [2.75, 3.05) is 0 Å². The molecular formula is C22H28O2. The molecule has 1 aliphatic carbocycles. The summed E-state index contributed by atoms with van der Waals surface area (Å²) < 4.78 is 0. The molecule has 0 aliphatic heterocycles. The van der Waals surface area contributed by atoms with Crippen LogP contribution in [0.3, 0.4) is 0 Å². The Hall–Kier alpha value is -1.96. The van der Waals surface area contributed by atoms with Crippen molar-refractivity contribution in [3.05, 3.63) is 59.7 Å². The number of hydrogen-bond donors (Lipinski definition) is 2. The summed E-state index contributed by atoms with van der Waals surface area (Å²) in [5.74, 6) is 0.638. The molecule has 1 fully saturated rings. The largest absolute Gasteiger partial charge is 0.508 e. The molecule has 0 bridgehead atoms. The fraction of sp³-hybridized carbons (Fsp3) is 0.455. The predicted octanol–water partition coefficient (Wildman–Crippen LogP) is 5.91. The maximum Gasteiger partial charge on any atom is 0.115 e. The molecule has 1 aliphatic rings. The van der Waals surface area contributed by atoms with E-state index in [0.29, 0.717) is 11.5 Å². The fourth-order valence-electron chi connectivity index (χ4n) is 4.17. The van der Waals surface area contributed by atoms with E-state index < -0.39 is 0 Å². The molecule has 2 aromatic rings. The summed E-state index contributed by atoms with van der Waals surface area (Å²) in [6.45, 7) is 0. The van der Waals surface area contributed by atoms with Gasteiger partial charge in [-0.1, -0.05) is 69.2 Å². The van der Waals surface area contributed by atoms with Gasteiger partial charge in [-0.2, -0.15) is 0 Å². The summed E-state index contributed by atoms with van der Waals surface area (Å²) in [6, 6.07) is 15.5. The SMILES string of the molecule is Oc1ccc(C2(c3ccc(O)cc3)CCCCCCCCC2)cc1. The first kappa shape index (κ1) is 16.9. The lowest BCUT2D eigenvalue weighted by Gasteiger charge is -2.36. The van der Waals surface area contributed by atoms with Crippen LogP contribution in [0.15, 0.2) is 48.5 Å². The lowest BCUT2D eigenvalue weighted by molar-refractivity contribution is 0.376. The molecule has 0 unspecified atom stereocenters. The van der Waals surface area contributed by atoms with E-state index in [4.69, 9.17) is 0 Å². The Morgan fingerprint density at radius 1 is 0.500 bits per heavy atom. The average molecular weight is 324 g/mol. The van der Waals surface area contributed by atoms with E-state index >= 15 is 0 Å². The highest BCUT2D eigenvalue weighted by molar-refractivity contribution is 5.43. The molecule has 2 N–H and O–H groups in total. The minimum atomic E-state index is -0.0151. The molecule has 24 heavy (non-hydrogen) atoms. The number of benzene rings is 2. The molecule has 0 saturated heterocycles. The standard InChI is InChI=1S/C22H28O2/c23-20-12-8-18(9-13-20)22(19-10-14-21(24)15-11-19)16-6-4-2-1-3-5-7-17-22/h8-15,23-24H,1-7,16-17H2. The second-order valence-electron chi connectivity index (χ2n) is 7.15. The number of phenolic OH excluding ortho intramolecular Hbond substituents is 2. The van der Waals surface area contributed by atoms with E-state index in [-0.39, 0.29) is 5.41 Å². The third kappa shape index (κ3) is 3.75. The molecule has 2 aromatic carbocycles. The lowest BCUT2D eigenvalue weighted by atomic mass is 9.67. The van der Waals surface area contributed by atoms with Crippen molar-refractivity contribution in [1.82, 2.24) is 0 Å². The van der Waals surface area contributed by atoms with Gasteiger partial charge in [-0.15, -0.1) is 0 Å². The van der Waals surface area contributed by atoms with Gasteiger partial charge in [0.2, 0.25) is 0 Å². The van der Waals surface area contributed by atoms with Crippen molar-refractivity contribution in [3.8, 4) is 11.5 Å². The van der Waals surface area contributed by atoms with Crippen molar-refractivity contribution >= 4 is 0 Å². The molecule has 0 atom stereocenters. The predicted molar refractivity (Wildman–Crippen MR) is 98.5 cm³/mol. The Bertz CT molecular complexity index is 571. The number of rotatable bonds is 2. The molecule has 128 valence electrons. The van der Waals surface area contributed by atoms with Gasteiger partial charge in [-0.25, -0.2) is 0 Å². The summed E-state index contributed by atoms with van der Waals surface area (Å²) in [5, 5.41) is 19.4. The van der Waals surface area contributed by atoms with Gasteiger partial charge in [-0.05, 0) is 48.2 Å². The minimum absolute atomic E-state index is 0.0151. The van der Waals surface area contributed by atoms with Gasteiger partial charge < -0.3 is 10.2 Å². The highest BCUT2D eigenvalue weighted by Gasteiger charge is 2.33. The van der Waals surface area contributed by atoms with Crippen molar-refractivity contribution in [3.63, 3.8) is 0 Å². The Morgan fingerprint density at radius 3 is 1.21 bits per heavy atom. The minimum Gasteiger partial charge on any atom is -0.508 e. The Balaban J connectivity index is 2.03. The zero-order chi connectivity index (χ0) is 16.8. The molecule has 0 aromatic heterocycles. The first-order valence-electron chi connectivity index (χ1n) is 9.30. The summed E-state index contributed by atoms with van der Waals surface area (Å²) in [4.78, 5) is 0. The molecule has 0 spiro atoms. The number of phenols is 2. The van der Waals surface area contributed by atoms with E-state index in [2.05, 4.69) is 24.3 Å². The fourth-order valence-corrected chi connectivity index (χ4v) is 4.17. The van der Waals surface area contributed by atoms with E-state index in [1.54, 1.807) is 24.3 Å². The Morgan fingerprint density at radius 2 is 0.833 bits per heavy atom. The highest BCUT2D eigenvalue weighted by Crippen LogP contribution is 2.43. The first-order chi connectivity index (χ1) is 11.7. The van der Waals surface area contributed by atoms with Crippen LogP contribution in [0.2, 0.25) is 0 Å². The second kappa shape index (κ2) is 7.74. The van der Waals surface area contributed by atoms with Crippen LogP contribution in [0.1, 0.15) is 68.9 Å². The summed E-state index contributed by atoms with van der Waals surface area (Å²) in [6.07, 6.45) is 11.3. The van der Waals surface area contributed by atoms with Crippen LogP contribution in [0.4, 0.5) is 0 Å². The zero-order valence-corrected chi connectivity index (χ0v) is 14.4. The maximum atomic E-state index is 9.70. The van der Waals surface area contributed by atoms with Crippen molar-refractivity contribution in [2.24, 2.45) is 0 Å². The molecule has 3 rings (SSSR count). The van der Waals surface area contributed by atoms with Crippen LogP contribution in [0, 0.1) is 0 Å². The number of aromatic hydroxyl groups is 2. The summed E-state index contributed by atoms with van der Waals surface area (Å²) >= 11 is 0. The zero-order valence-electron chi connectivity index (χ0n) is 14.4. The van der Waals surface area contributed by atoms with Crippen LogP contribution >= 0.6 is 0 Å². The third-order valence-corrected chi connectivity index (χ3v) is 5.55. The number of hydrogen-bond acceptors (Lipinski definition) is 2. The highest BCUT2D eigenvalue weighted by atomic mass is 16.3. The van der Waals surface area contributed by atoms with Crippen LogP contribution in [-0.4, -0.2) is 10.2 Å². The van der Waals surface area contributed by atoms with Crippen molar-refractivity contribution in [1.29, 1.82) is 0 Å². The summed E-state index contributed by atoms with van der Waals surface area (Å²) in [5.41, 5.74) is 2.55. The van der Waals surface area contributed by atoms with Crippen LogP contribution < -0.4 is 0 Å². The van der Waals surface area contributed by atoms with Crippen molar-refractivity contribution in [2.45, 2.75) is 63.2 Å². The molecule has 0 radical (unpaired) electrons. The third-order valence-electron chi connectivity index (χ3n) is 5.55. The molecule has 0 heterocycles. The average Bonchev–Trinajstić information content (AvgIpc) is 2.61. The van der Waals surface area contributed by atoms with E-state index in [0.717, 1.165) is 12.8 Å². The second-order valence-corrected chi connectivity index (χ2v) is 7.15. The molecule has 0 amide bonds. The van der Waals surface area contributed by atoms with Gasteiger partial charge in [0.15, 0.2) is 0 Å². The van der Waals surface area contributed by atoms with Gasteiger partial charge in [0.1, 0.15) is 11.5 Å². The van der Waals surface area contributed by atoms with Gasteiger partial charge in [0.05, 0.1) is 0 Å². The molecular weight excluding hydrogens is 296 g/mol. The van der Waals surface area contributed by atoms with Gasteiger partial charge in [0, 0.05) is 5.41 Å². The van der Waals surface area contributed by atoms with Gasteiger partial charge in [-0.3, -0.25) is 0 Å². The normalized spacial score (nSPS) is 18.8. The van der Waals surface area contributed by atoms with E-state index in [9.17, 15) is 10.2 Å². The van der Waals surface area contributed by atoms with Gasteiger partial charge >= 0.3 is 0 Å². The summed E-state index contributed by atoms with van der Waals surface area (Å²) in [7, 11) is 0.